The monoisotopic (exact) mass is 523 g/mol. The third-order valence-electron chi connectivity index (χ3n) is 6.88. The second-order valence-electron chi connectivity index (χ2n) is 9.08. The summed E-state index contributed by atoms with van der Waals surface area (Å²) >= 11 is 0. The van der Waals surface area contributed by atoms with Gasteiger partial charge in [-0.2, -0.15) is 0 Å². The van der Waals surface area contributed by atoms with E-state index in [4.69, 9.17) is 18.9 Å². The molecule has 3 heterocycles. The van der Waals surface area contributed by atoms with Crippen LogP contribution in [-0.2, 0) is 4.79 Å². The molecule has 1 N–H and O–H groups in total. The SMILES string of the molecule is COc1cccc(NC(=O)[C@H](C)Oc2ccc3c(c2)c2ccnc4c5ccc(OC)c(OC)c5c(=O)n3c24)c1. The highest BCUT2D eigenvalue weighted by Gasteiger charge is 2.23. The highest BCUT2D eigenvalue weighted by atomic mass is 16.5. The van der Waals surface area contributed by atoms with Gasteiger partial charge in [0.15, 0.2) is 17.6 Å². The molecule has 9 heteroatoms. The van der Waals surface area contributed by atoms with Crippen LogP contribution in [0.15, 0.2) is 71.7 Å². The number of amides is 1. The molecule has 1 amide bonds. The average Bonchev–Trinajstić information content (AvgIpc) is 3.29. The number of carbonyl (C=O) groups excluding carboxylic acids is 1. The van der Waals surface area contributed by atoms with Crippen molar-refractivity contribution in [3.05, 3.63) is 77.2 Å². The Morgan fingerprint density at radius 2 is 1.74 bits per heavy atom. The first kappa shape index (κ1) is 24.3. The number of pyridine rings is 2. The van der Waals surface area contributed by atoms with Crippen LogP contribution in [-0.4, -0.2) is 42.7 Å². The molecule has 0 aliphatic rings. The number of carbonyl (C=O) groups is 1. The van der Waals surface area contributed by atoms with Crippen LogP contribution in [0.1, 0.15) is 6.92 Å². The lowest BCUT2D eigenvalue weighted by Gasteiger charge is -2.15. The van der Waals surface area contributed by atoms with Crippen molar-refractivity contribution in [1.82, 2.24) is 9.38 Å². The van der Waals surface area contributed by atoms with Crippen molar-refractivity contribution >= 4 is 49.7 Å². The van der Waals surface area contributed by atoms with E-state index in [0.29, 0.717) is 56.0 Å². The molecule has 1 atom stereocenters. The summed E-state index contributed by atoms with van der Waals surface area (Å²) in [6.45, 7) is 1.68. The second kappa shape index (κ2) is 9.36. The van der Waals surface area contributed by atoms with E-state index in [1.807, 2.05) is 24.3 Å². The van der Waals surface area contributed by atoms with Gasteiger partial charge in [0, 0.05) is 34.1 Å². The number of anilines is 1. The molecular formula is C30H25N3O6. The third kappa shape index (κ3) is 3.82. The summed E-state index contributed by atoms with van der Waals surface area (Å²) in [7, 11) is 4.61. The van der Waals surface area contributed by atoms with Gasteiger partial charge in [0.05, 0.1) is 43.3 Å². The molecule has 0 unspecified atom stereocenters. The number of nitrogens with zero attached hydrogens (tertiary/aromatic N) is 2. The standard InChI is InChI=1S/C30H25N3O6/c1-16(29(34)32-17-6-5-7-18(14-17)36-2)39-19-8-10-23-22(15-19)20-12-13-31-26-21-9-11-24(37-3)28(38-4)25(21)30(35)33(23)27(20)26/h5-16H,1-4H3,(H,32,34)/t16-/m0/s1. The summed E-state index contributed by atoms with van der Waals surface area (Å²) in [4.78, 5) is 31.3. The average molecular weight is 524 g/mol. The lowest BCUT2D eigenvalue weighted by atomic mass is 10.1. The molecule has 6 rings (SSSR count). The molecule has 0 radical (unpaired) electrons. The molecule has 3 aromatic carbocycles. The van der Waals surface area contributed by atoms with E-state index in [1.54, 1.807) is 61.0 Å². The highest BCUT2D eigenvalue weighted by molar-refractivity contribution is 6.19. The number of benzene rings is 3. The lowest BCUT2D eigenvalue weighted by molar-refractivity contribution is -0.122. The molecular weight excluding hydrogens is 498 g/mol. The summed E-state index contributed by atoms with van der Waals surface area (Å²) in [5.41, 5.74) is 2.45. The predicted octanol–water partition coefficient (Wildman–Crippen LogP) is 5.02. The van der Waals surface area contributed by atoms with E-state index in [2.05, 4.69) is 10.3 Å². The van der Waals surface area contributed by atoms with Gasteiger partial charge in [0.2, 0.25) is 0 Å². The van der Waals surface area contributed by atoms with Gasteiger partial charge in [0.25, 0.3) is 11.5 Å². The van der Waals surface area contributed by atoms with E-state index in [0.717, 1.165) is 10.8 Å². The van der Waals surface area contributed by atoms with Crippen LogP contribution in [0.5, 0.6) is 23.0 Å². The van der Waals surface area contributed by atoms with Crippen LogP contribution in [0.2, 0.25) is 0 Å². The summed E-state index contributed by atoms with van der Waals surface area (Å²) in [6, 6.07) is 18.0. The van der Waals surface area contributed by atoms with Crippen molar-refractivity contribution in [2.45, 2.75) is 13.0 Å². The first-order valence-corrected chi connectivity index (χ1v) is 12.3. The minimum absolute atomic E-state index is 0.235. The number of methoxy groups -OCH3 is 3. The van der Waals surface area contributed by atoms with Gasteiger partial charge in [-0.25, -0.2) is 0 Å². The Morgan fingerprint density at radius 1 is 0.897 bits per heavy atom. The Kier molecular flexibility index (Phi) is 5.83. The number of nitrogens with one attached hydrogen (secondary N) is 1. The van der Waals surface area contributed by atoms with Crippen molar-refractivity contribution < 1.29 is 23.7 Å². The van der Waals surface area contributed by atoms with E-state index < -0.39 is 6.10 Å². The number of hydrogen-bond acceptors (Lipinski definition) is 7. The van der Waals surface area contributed by atoms with Gasteiger partial charge in [-0.05, 0) is 55.5 Å². The van der Waals surface area contributed by atoms with E-state index in [9.17, 15) is 9.59 Å². The van der Waals surface area contributed by atoms with Gasteiger partial charge in [-0.3, -0.25) is 19.0 Å². The normalized spacial score (nSPS) is 12.2. The van der Waals surface area contributed by atoms with Crippen molar-refractivity contribution in [3.63, 3.8) is 0 Å². The number of ether oxygens (including phenoxy) is 4. The van der Waals surface area contributed by atoms with Crippen molar-refractivity contribution in [2.75, 3.05) is 26.6 Å². The number of aromatic nitrogens is 2. The quantitative estimate of drug-likeness (QED) is 0.293. The summed E-state index contributed by atoms with van der Waals surface area (Å²) < 4.78 is 23.9. The number of rotatable bonds is 7. The number of hydrogen-bond donors (Lipinski definition) is 1. The fraction of sp³-hybridized carbons (Fsp3) is 0.167. The van der Waals surface area contributed by atoms with Gasteiger partial charge >= 0.3 is 0 Å². The fourth-order valence-corrected chi connectivity index (χ4v) is 5.08. The summed E-state index contributed by atoms with van der Waals surface area (Å²) in [5.74, 6) is 1.66. The highest BCUT2D eigenvalue weighted by Crippen LogP contribution is 2.39. The fourth-order valence-electron chi connectivity index (χ4n) is 5.08. The van der Waals surface area contributed by atoms with Gasteiger partial charge < -0.3 is 24.3 Å². The zero-order chi connectivity index (χ0) is 27.3. The molecule has 0 saturated heterocycles. The Morgan fingerprint density at radius 3 is 2.51 bits per heavy atom. The lowest BCUT2D eigenvalue weighted by Crippen LogP contribution is -2.30. The minimum atomic E-state index is -0.780. The van der Waals surface area contributed by atoms with E-state index in [-0.39, 0.29) is 11.5 Å². The number of fused-ring (bicyclic) bond motifs is 5. The summed E-state index contributed by atoms with van der Waals surface area (Å²) in [5, 5.41) is 5.57. The van der Waals surface area contributed by atoms with Crippen LogP contribution in [0.3, 0.4) is 0 Å². The van der Waals surface area contributed by atoms with Crippen LogP contribution < -0.4 is 29.8 Å². The molecule has 0 spiro atoms. The summed E-state index contributed by atoms with van der Waals surface area (Å²) in [6.07, 6.45) is 0.938. The first-order valence-electron chi connectivity index (χ1n) is 12.3. The maximum absolute atomic E-state index is 13.9. The topological polar surface area (TPSA) is 100 Å². The molecule has 6 aromatic rings. The van der Waals surface area contributed by atoms with Gasteiger partial charge in [-0.15, -0.1) is 0 Å². The molecule has 9 nitrogen and oxygen atoms in total. The maximum Gasteiger partial charge on any atom is 0.267 e. The van der Waals surface area contributed by atoms with Crippen LogP contribution in [0.25, 0.3) is 38.1 Å². The molecule has 196 valence electrons. The Bertz CT molecular complexity index is 1950. The van der Waals surface area contributed by atoms with Gasteiger partial charge in [-0.1, -0.05) is 6.07 Å². The van der Waals surface area contributed by atoms with Crippen molar-refractivity contribution in [3.8, 4) is 23.0 Å². The third-order valence-corrected chi connectivity index (χ3v) is 6.88. The largest absolute Gasteiger partial charge is 0.497 e. The molecule has 39 heavy (non-hydrogen) atoms. The zero-order valence-electron chi connectivity index (χ0n) is 21.8. The smallest absolute Gasteiger partial charge is 0.267 e. The second-order valence-corrected chi connectivity index (χ2v) is 9.08. The molecule has 0 aliphatic heterocycles. The van der Waals surface area contributed by atoms with Crippen LogP contribution in [0, 0.1) is 0 Å². The van der Waals surface area contributed by atoms with Crippen molar-refractivity contribution in [1.29, 1.82) is 0 Å². The molecule has 0 saturated carbocycles. The van der Waals surface area contributed by atoms with Crippen molar-refractivity contribution in [2.24, 2.45) is 0 Å². The van der Waals surface area contributed by atoms with E-state index >= 15 is 0 Å². The Balaban J connectivity index is 1.44. The van der Waals surface area contributed by atoms with Gasteiger partial charge in [0.1, 0.15) is 11.5 Å². The first-order chi connectivity index (χ1) is 18.9. The minimum Gasteiger partial charge on any atom is -0.497 e. The predicted molar refractivity (Wildman–Crippen MR) is 150 cm³/mol. The Labute approximate surface area is 222 Å². The molecule has 0 fully saturated rings. The zero-order valence-corrected chi connectivity index (χ0v) is 21.8. The molecule has 0 aliphatic carbocycles. The maximum atomic E-state index is 13.9. The molecule has 3 aromatic heterocycles. The Hall–Kier alpha value is -5.05. The van der Waals surface area contributed by atoms with E-state index in [1.165, 1.54) is 14.2 Å². The van der Waals surface area contributed by atoms with Crippen LogP contribution >= 0.6 is 0 Å². The molecule has 0 bridgehead atoms. The van der Waals surface area contributed by atoms with Crippen LogP contribution in [0.4, 0.5) is 5.69 Å².